The van der Waals surface area contributed by atoms with E-state index in [1.807, 2.05) is 48.5 Å². The fourth-order valence-electron chi connectivity index (χ4n) is 5.51. The summed E-state index contributed by atoms with van der Waals surface area (Å²) in [7, 11) is 0. The number of anilines is 1. The molecule has 5 rings (SSSR count). The zero-order chi connectivity index (χ0) is 24.5. The third-order valence-electron chi connectivity index (χ3n) is 7.45. The van der Waals surface area contributed by atoms with Crippen LogP contribution in [0.3, 0.4) is 0 Å². The molecule has 1 aliphatic heterocycles. The number of nitrogens with one attached hydrogen (secondary N) is 2. The van der Waals surface area contributed by atoms with Crippen molar-refractivity contribution in [1.82, 2.24) is 5.32 Å². The average Bonchev–Trinajstić information content (AvgIpc) is 3.23. The maximum absolute atomic E-state index is 13.6. The van der Waals surface area contributed by atoms with Crippen LogP contribution < -0.4 is 21.7 Å². The number of fused-ring (bicyclic) bond motifs is 2. The van der Waals surface area contributed by atoms with Gasteiger partial charge in [-0.1, -0.05) is 42.5 Å². The molecule has 1 unspecified atom stereocenters. The highest BCUT2D eigenvalue weighted by molar-refractivity contribution is 5.97. The summed E-state index contributed by atoms with van der Waals surface area (Å²) in [5.41, 5.74) is 16.4. The predicted molar refractivity (Wildman–Crippen MR) is 139 cm³/mol. The topological polar surface area (TPSA) is 128 Å². The van der Waals surface area contributed by atoms with Crippen molar-refractivity contribution in [2.75, 3.05) is 4.90 Å². The Morgan fingerprint density at radius 2 is 1.86 bits per heavy atom. The first kappa shape index (κ1) is 23.3. The number of rotatable bonds is 6. The SMILES string of the molecule is N=C(N)c1ccc2c(c1)N(Cc1cc(CO)cc3ccccc13)C(C(=O)NC1CCC(N)CC1)C2. The van der Waals surface area contributed by atoms with Crippen LogP contribution in [0, 0.1) is 5.41 Å². The summed E-state index contributed by atoms with van der Waals surface area (Å²) < 4.78 is 0. The number of hydrogen-bond acceptors (Lipinski definition) is 5. The van der Waals surface area contributed by atoms with Gasteiger partial charge < -0.3 is 26.8 Å². The lowest BCUT2D eigenvalue weighted by Gasteiger charge is -2.31. The van der Waals surface area contributed by atoms with Gasteiger partial charge >= 0.3 is 0 Å². The molecule has 1 aliphatic carbocycles. The molecule has 2 aliphatic rings. The molecule has 0 spiro atoms. The Morgan fingerprint density at radius 3 is 2.60 bits per heavy atom. The minimum atomic E-state index is -0.362. The lowest BCUT2D eigenvalue weighted by molar-refractivity contribution is -0.123. The molecule has 0 saturated heterocycles. The van der Waals surface area contributed by atoms with Crippen LogP contribution in [0.25, 0.3) is 10.8 Å². The van der Waals surface area contributed by atoms with Crippen LogP contribution in [0.5, 0.6) is 0 Å². The van der Waals surface area contributed by atoms with Crippen LogP contribution in [0.4, 0.5) is 5.69 Å². The maximum Gasteiger partial charge on any atom is 0.243 e. The molecule has 1 fully saturated rings. The molecule has 0 radical (unpaired) electrons. The second kappa shape index (κ2) is 9.68. The van der Waals surface area contributed by atoms with E-state index >= 15 is 0 Å². The number of aliphatic hydroxyl groups excluding tert-OH is 1. The summed E-state index contributed by atoms with van der Waals surface area (Å²) in [6, 6.07) is 17.9. The van der Waals surface area contributed by atoms with Gasteiger partial charge in [0.05, 0.1) is 6.61 Å². The second-order valence-corrected chi connectivity index (χ2v) is 9.86. The van der Waals surface area contributed by atoms with Crippen LogP contribution in [-0.4, -0.2) is 35.0 Å². The minimum absolute atomic E-state index is 0.00641. The normalized spacial score (nSPS) is 21.7. The number of nitrogen functional groups attached to an aromatic ring is 1. The van der Waals surface area contributed by atoms with Crippen LogP contribution in [-0.2, 0) is 24.4 Å². The van der Waals surface area contributed by atoms with Gasteiger partial charge in [-0.2, -0.15) is 0 Å². The molecule has 1 amide bonds. The lowest BCUT2D eigenvalue weighted by atomic mass is 9.91. The van der Waals surface area contributed by atoms with E-state index in [1.54, 1.807) is 0 Å². The van der Waals surface area contributed by atoms with Crippen molar-refractivity contribution in [1.29, 1.82) is 5.41 Å². The van der Waals surface area contributed by atoms with Gasteiger partial charge in [0.25, 0.3) is 0 Å². The maximum atomic E-state index is 13.6. The van der Waals surface area contributed by atoms with E-state index in [-0.39, 0.29) is 36.5 Å². The first-order valence-electron chi connectivity index (χ1n) is 12.3. The fraction of sp³-hybridized carbons (Fsp3) is 0.357. The molecule has 35 heavy (non-hydrogen) atoms. The van der Waals surface area contributed by atoms with Gasteiger partial charge in [-0.3, -0.25) is 10.2 Å². The van der Waals surface area contributed by atoms with Crippen LogP contribution in [0.1, 0.15) is 47.9 Å². The second-order valence-electron chi connectivity index (χ2n) is 9.86. The van der Waals surface area contributed by atoms with Crippen LogP contribution in [0.2, 0.25) is 0 Å². The Kier molecular flexibility index (Phi) is 6.45. The summed E-state index contributed by atoms with van der Waals surface area (Å²) >= 11 is 0. The molecule has 182 valence electrons. The Morgan fingerprint density at radius 1 is 1.09 bits per heavy atom. The molecular weight excluding hydrogens is 438 g/mol. The molecule has 7 heteroatoms. The van der Waals surface area contributed by atoms with Crippen molar-refractivity contribution in [2.45, 2.75) is 63.4 Å². The first-order chi connectivity index (χ1) is 16.9. The van der Waals surface area contributed by atoms with Gasteiger partial charge in [-0.15, -0.1) is 0 Å². The monoisotopic (exact) mass is 471 g/mol. The number of amidine groups is 1. The Bertz CT molecular complexity index is 1270. The largest absolute Gasteiger partial charge is 0.392 e. The van der Waals surface area contributed by atoms with E-state index in [0.29, 0.717) is 18.5 Å². The van der Waals surface area contributed by atoms with Gasteiger partial charge in [0.1, 0.15) is 11.9 Å². The molecule has 7 N–H and O–H groups in total. The first-order valence-corrected chi connectivity index (χ1v) is 12.3. The molecular formula is C28H33N5O2. The van der Waals surface area contributed by atoms with Crippen molar-refractivity contribution >= 4 is 28.2 Å². The number of amides is 1. The number of carbonyl (C=O) groups excluding carboxylic acids is 1. The summed E-state index contributed by atoms with van der Waals surface area (Å²) in [5.74, 6) is 0.0283. The van der Waals surface area contributed by atoms with Gasteiger partial charge in [0.2, 0.25) is 5.91 Å². The van der Waals surface area contributed by atoms with E-state index in [9.17, 15) is 9.90 Å². The number of hydrogen-bond donors (Lipinski definition) is 5. The zero-order valence-corrected chi connectivity index (χ0v) is 19.8. The van der Waals surface area contributed by atoms with Crippen molar-refractivity contribution in [3.8, 4) is 0 Å². The highest BCUT2D eigenvalue weighted by atomic mass is 16.3. The lowest BCUT2D eigenvalue weighted by Crippen LogP contribution is -2.49. The summed E-state index contributed by atoms with van der Waals surface area (Å²) in [6.45, 7) is 0.465. The number of aliphatic hydroxyl groups is 1. The summed E-state index contributed by atoms with van der Waals surface area (Å²) in [4.78, 5) is 15.7. The molecule has 0 bridgehead atoms. The molecule has 3 aromatic rings. The van der Waals surface area contributed by atoms with Gasteiger partial charge in [0, 0.05) is 36.3 Å². The number of benzene rings is 3. The van der Waals surface area contributed by atoms with Crippen molar-refractivity contribution in [2.24, 2.45) is 11.5 Å². The van der Waals surface area contributed by atoms with Crippen LogP contribution in [0.15, 0.2) is 54.6 Å². The molecule has 7 nitrogen and oxygen atoms in total. The summed E-state index contributed by atoms with van der Waals surface area (Å²) in [6.07, 6.45) is 4.28. The van der Waals surface area contributed by atoms with Gasteiger partial charge in [-0.05, 0) is 65.3 Å². The Labute approximate surface area is 205 Å². The fourth-order valence-corrected chi connectivity index (χ4v) is 5.51. The Hall–Kier alpha value is -3.42. The molecule has 1 saturated carbocycles. The van der Waals surface area contributed by atoms with Crippen molar-refractivity contribution in [3.05, 3.63) is 76.9 Å². The van der Waals surface area contributed by atoms with E-state index < -0.39 is 0 Å². The molecule has 3 aromatic carbocycles. The van der Waals surface area contributed by atoms with Crippen molar-refractivity contribution in [3.63, 3.8) is 0 Å². The molecule has 0 aromatic heterocycles. The van der Waals surface area contributed by atoms with Gasteiger partial charge in [-0.25, -0.2) is 0 Å². The smallest absolute Gasteiger partial charge is 0.243 e. The highest BCUT2D eigenvalue weighted by Crippen LogP contribution is 2.36. The number of nitrogens with zero attached hydrogens (tertiary/aromatic N) is 1. The third-order valence-corrected chi connectivity index (χ3v) is 7.45. The van der Waals surface area contributed by atoms with Crippen molar-refractivity contribution < 1.29 is 9.90 Å². The molecule has 1 atom stereocenters. The number of carbonyl (C=O) groups is 1. The zero-order valence-electron chi connectivity index (χ0n) is 19.8. The highest BCUT2D eigenvalue weighted by Gasteiger charge is 2.36. The quantitative estimate of drug-likeness (QED) is 0.279. The molecule has 1 heterocycles. The third kappa shape index (κ3) is 4.74. The van der Waals surface area contributed by atoms with E-state index in [4.69, 9.17) is 16.9 Å². The standard InChI is InChI=1S/C28H33N5O2/c29-22-7-9-23(10-8-22)32-28(35)26-13-19-5-6-20(27(30)31)14-25(19)33(26)15-21-12-17(16-34)11-18-3-1-2-4-24(18)21/h1-6,11-12,14,22-23,26,34H,7-10,13,15-16,29H2,(H3,30,31)(H,32,35). The van der Waals surface area contributed by atoms with E-state index in [1.165, 1.54) is 0 Å². The predicted octanol–water partition coefficient (Wildman–Crippen LogP) is 2.93. The summed E-state index contributed by atoms with van der Waals surface area (Å²) in [5, 5.41) is 23.2. The number of nitrogens with two attached hydrogens (primary N) is 2. The van der Waals surface area contributed by atoms with E-state index in [0.717, 1.165) is 58.8 Å². The van der Waals surface area contributed by atoms with E-state index in [2.05, 4.69) is 16.3 Å². The van der Waals surface area contributed by atoms with Gasteiger partial charge in [0.15, 0.2) is 0 Å². The Balaban J connectivity index is 1.50. The van der Waals surface area contributed by atoms with Crippen LogP contribution >= 0.6 is 0 Å². The minimum Gasteiger partial charge on any atom is -0.392 e. The average molecular weight is 472 g/mol.